The minimum atomic E-state index is -0.231. The van der Waals surface area contributed by atoms with Gasteiger partial charge in [0, 0.05) is 24.5 Å². The number of anilines is 1. The summed E-state index contributed by atoms with van der Waals surface area (Å²) in [5.74, 6) is 0.577. The van der Waals surface area contributed by atoms with E-state index in [0.29, 0.717) is 12.4 Å². The highest BCUT2D eigenvalue weighted by atomic mass is 16.2. The number of rotatable bonds is 5. The first-order valence-corrected chi connectivity index (χ1v) is 7.45. The number of aryl methyl sites for hydroxylation is 5. The van der Waals surface area contributed by atoms with E-state index in [1.807, 2.05) is 50.6 Å². The molecular formula is C16H23N5O. The summed E-state index contributed by atoms with van der Waals surface area (Å²) in [6.07, 6.45) is 0.829. The van der Waals surface area contributed by atoms with E-state index in [2.05, 4.69) is 20.7 Å². The zero-order valence-corrected chi connectivity index (χ0v) is 13.6. The maximum absolute atomic E-state index is 11.8. The van der Waals surface area contributed by atoms with Crippen LogP contribution in [0.25, 0.3) is 0 Å². The summed E-state index contributed by atoms with van der Waals surface area (Å²) in [6.45, 7) is 9.28. The van der Waals surface area contributed by atoms with Crippen LogP contribution in [0.4, 0.5) is 10.6 Å². The molecule has 2 heterocycles. The lowest BCUT2D eigenvalue weighted by atomic mass is 10.2. The van der Waals surface area contributed by atoms with Gasteiger partial charge >= 0.3 is 6.03 Å². The maximum atomic E-state index is 11.8. The predicted molar refractivity (Wildman–Crippen MR) is 87.1 cm³/mol. The highest BCUT2D eigenvalue weighted by Crippen LogP contribution is 2.08. The molecule has 0 atom stereocenters. The molecule has 6 heteroatoms. The largest absolute Gasteiger partial charge is 0.338 e. The van der Waals surface area contributed by atoms with Gasteiger partial charge in [0.2, 0.25) is 0 Å². The monoisotopic (exact) mass is 301 g/mol. The van der Waals surface area contributed by atoms with E-state index >= 15 is 0 Å². The minimum absolute atomic E-state index is 0.231. The number of pyridine rings is 1. The fourth-order valence-electron chi connectivity index (χ4n) is 2.40. The van der Waals surface area contributed by atoms with Crippen LogP contribution < -0.4 is 10.6 Å². The van der Waals surface area contributed by atoms with Gasteiger partial charge in [0.25, 0.3) is 0 Å². The second-order valence-corrected chi connectivity index (χ2v) is 5.56. The van der Waals surface area contributed by atoms with Crippen molar-refractivity contribution in [2.75, 3.05) is 11.9 Å². The van der Waals surface area contributed by atoms with E-state index in [1.54, 1.807) is 0 Å². The van der Waals surface area contributed by atoms with Gasteiger partial charge in [-0.05, 0) is 57.9 Å². The molecular weight excluding hydrogens is 278 g/mol. The Morgan fingerprint density at radius 1 is 1.14 bits per heavy atom. The molecule has 2 amide bonds. The van der Waals surface area contributed by atoms with Crippen LogP contribution in [0.5, 0.6) is 0 Å². The highest BCUT2D eigenvalue weighted by molar-refractivity contribution is 5.88. The average molecular weight is 301 g/mol. The molecule has 2 aromatic heterocycles. The average Bonchev–Trinajstić information content (AvgIpc) is 2.72. The highest BCUT2D eigenvalue weighted by Gasteiger charge is 2.04. The SMILES string of the molecule is Cc1cc(C)nc(NC(=O)NCCCn2nc(C)cc2C)c1. The first-order valence-electron chi connectivity index (χ1n) is 7.45. The number of nitrogens with one attached hydrogen (secondary N) is 2. The first-order chi connectivity index (χ1) is 10.4. The number of carbonyl (C=O) groups excluding carboxylic acids is 1. The van der Waals surface area contributed by atoms with Crippen molar-refractivity contribution in [1.82, 2.24) is 20.1 Å². The summed E-state index contributed by atoms with van der Waals surface area (Å²) < 4.78 is 1.96. The lowest BCUT2D eigenvalue weighted by Crippen LogP contribution is -2.30. The molecule has 118 valence electrons. The fourth-order valence-corrected chi connectivity index (χ4v) is 2.40. The van der Waals surface area contributed by atoms with Crippen LogP contribution in [0.2, 0.25) is 0 Å². The quantitative estimate of drug-likeness (QED) is 0.834. The Balaban J connectivity index is 1.75. The fraction of sp³-hybridized carbons (Fsp3) is 0.438. The van der Waals surface area contributed by atoms with Crippen molar-refractivity contribution in [3.8, 4) is 0 Å². The van der Waals surface area contributed by atoms with Crippen molar-refractivity contribution >= 4 is 11.8 Å². The van der Waals surface area contributed by atoms with Crippen LogP contribution in [0.15, 0.2) is 18.2 Å². The Kier molecular flexibility index (Phi) is 5.14. The van der Waals surface area contributed by atoms with E-state index in [0.717, 1.165) is 35.6 Å². The molecule has 2 rings (SSSR count). The summed E-state index contributed by atoms with van der Waals surface area (Å²) in [5.41, 5.74) is 4.12. The zero-order valence-electron chi connectivity index (χ0n) is 13.6. The smallest absolute Gasteiger partial charge is 0.320 e. The predicted octanol–water partition coefficient (Wildman–Crippen LogP) is 2.72. The molecule has 22 heavy (non-hydrogen) atoms. The van der Waals surface area contributed by atoms with Crippen LogP contribution in [-0.2, 0) is 6.54 Å². The van der Waals surface area contributed by atoms with Gasteiger partial charge in [-0.2, -0.15) is 5.10 Å². The third kappa shape index (κ3) is 4.58. The van der Waals surface area contributed by atoms with Gasteiger partial charge in [-0.15, -0.1) is 0 Å². The lowest BCUT2D eigenvalue weighted by molar-refractivity contribution is 0.251. The van der Waals surface area contributed by atoms with Gasteiger partial charge < -0.3 is 5.32 Å². The molecule has 0 bridgehead atoms. The van der Waals surface area contributed by atoms with Crippen LogP contribution in [0.3, 0.4) is 0 Å². The van der Waals surface area contributed by atoms with E-state index < -0.39 is 0 Å². The maximum Gasteiger partial charge on any atom is 0.320 e. The van der Waals surface area contributed by atoms with E-state index in [4.69, 9.17) is 0 Å². The van der Waals surface area contributed by atoms with Crippen molar-refractivity contribution in [3.05, 3.63) is 40.8 Å². The second-order valence-electron chi connectivity index (χ2n) is 5.56. The van der Waals surface area contributed by atoms with Crippen molar-refractivity contribution in [3.63, 3.8) is 0 Å². The van der Waals surface area contributed by atoms with Crippen LogP contribution >= 0.6 is 0 Å². The molecule has 2 N–H and O–H groups in total. The Hall–Kier alpha value is -2.37. The van der Waals surface area contributed by atoms with Gasteiger partial charge in [0.1, 0.15) is 5.82 Å². The van der Waals surface area contributed by atoms with Crippen molar-refractivity contribution in [1.29, 1.82) is 0 Å². The molecule has 0 saturated carbocycles. The van der Waals surface area contributed by atoms with E-state index in [9.17, 15) is 4.79 Å². The zero-order chi connectivity index (χ0) is 16.1. The standard InChI is InChI=1S/C16H23N5O/c1-11-8-12(2)18-15(9-11)19-16(22)17-6-5-7-21-14(4)10-13(3)20-21/h8-10H,5-7H2,1-4H3,(H2,17,18,19,22). The van der Waals surface area contributed by atoms with Crippen molar-refractivity contribution in [2.45, 2.75) is 40.7 Å². The molecule has 0 fully saturated rings. The van der Waals surface area contributed by atoms with E-state index in [-0.39, 0.29) is 6.03 Å². The summed E-state index contributed by atoms with van der Waals surface area (Å²) in [6, 6.07) is 5.64. The Labute approximate surface area is 130 Å². The van der Waals surface area contributed by atoms with Crippen LogP contribution in [-0.4, -0.2) is 27.3 Å². The molecule has 6 nitrogen and oxygen atoms in total. The summed E-state index contributed by atoms with van der Waals surface area (Å²) in [7, 11) is 0. The Morgan fingerprint density at radius 2 is 1.91 bits per heavy atom. The molecule has 0 spiro atoms. The molecule has 0 unspecified atom stereocenters. The molecule has 0 aliphatic carbocycles. The summed E-state index contributed by atoms with van der Waals surface area (Å²) >= 11 is 0. The lowest BCUT2D eigenvalue weighted by Gasteiger charge is -2.09. The minimum Gasteiger partial charge on any atom is -0.338 e. The number of hydrogen-bond donors (Lipinski definition) is 2. The second kappa shape index (κ2) is 7.06. The Morgan fingerprint density at radius 3 is 2.55 bits per heavy atom. The summed E-state index contributed by atoms with van der Waals surface area (Å²) in [4.78, 5) is 16.1. The summed E-state index contributed by atoms with van der Waals surface area (Å²) in [5, 5.41) is 9.98. The van der Waals surface area contributed by atoms with Gasteiger partial charge in [-0.3, -0.25) is 10.00 Å². The Bertz CT molecular complexity index is 642. The molecule has 0 aromatic carbocycles. The number of nitrogens with zero attached hydrogens (tertiary/aromatic N) is 3. The number of amides is 2. The van der Waals surface area contributed by atoms with Gasteiger partial charge in [0.05, 0.1) is 5.69 Å². The molecule has 0 aliphatic heterocycles. The van der Waals surface area contributed by atoms with Gasteiger partial charge in [-0.1, -0.05) is 0 Å². The third-order valence-corrected chi connectivity index (χ3v) is 3.27. The van der Waals surface area contributed by atoms with Crippen LogP contribution in [0, 0.1) is 27.7 Å². The van der Waals surface area contributed by atoms with Gasteiger partial charge in [-0.25, -0.2) is 9.78 Å². The van der Waals surface area contributed by atoms with Crippen molar-refractivity contribution < 1.29 is 4.79 Å². The number of carbonyl (C=O) groups is 1. The normalized spacial score (nSPS) is 10.5. The molecule has 2 aromatic rings. The molecule has 0 radical (unpaired) electrons. The number of aromatic nitrogens is 3. The number of hydrogen-bond acceptors (Lipinski definition) is 3. The first kappa shape index (κ1) is 16.0. The van der Waals surface area contributed by atoms with E-state index in [1.165, 1.54) is 0 Å². The third-order valence-electron chi connectivity index (χ3n) is 3.27. The number of urea groups is 1. The van der Waals surface area contributed by atoms with Gasteiger partial charge in [0.15, 0.2) is 0 Å². The molecule has 0 aliphatic rings. The van der Waals surface area contributed by atoms with Crippen molar-refractivity contribution in [2.24, 2.45) is 0 Å². The molecule has 0 saturated heterocycles. The topological polar surface area (TPSA) is 71.8 Å². The van der Waals surface area contributed by atoms with Crippen LogP contribution in [0.1, 0.15) is 29.1 Å².